The number of benzene rings is 4. The number of hydrogen-bond acceptors (Lipinski definition) is 5. The van der Waals surface area contributed by atoms with Crippen LogP contribution in [0.4, 0.5) is 17.5 Å². The van der Waals surface area contributed by atoms with Crippen LogP contribution >= 0.6 is 0 Å². The van der Waals surface area contributed by atoms with E-state index in [1.165, 1.54) is 5.56 Å². The number of rotatable bonds is 5. The maximum atomic E-state index is 5.88. The van der Waals surface area contributed by atoms with Gasteiger partial charge in [-0.05, 0) is 29.3 Å². The van der Waals surface area contributed by atoms with Gasteiger partial charge in [0.05, 0.1) is 17.7 Å². The van der Waals surface area contributed by atoms with E-state index in [9.17, 15) is 0 Å². The Morgan fingerprint density at radius 1 is 0.765 bits per heavy atom. The Balaban J connectivity index is 1.51. The van der Waals surface area contributed by atoms with Crippen LogP contribution in [0.1, 0.15) is 5.56 Å². The van der Waals surface area contributed by atoms with Crippen molar-refractivity contribution in [1.29, 1.82) is 0 Å². The van der Waals surface area contributed by atoms with E-state index in [2.05, 4.69) is 83.0 Å². The summed E-state index contributed by atoms with van der Waals surface area (Å²) in [6.07, 6.45) is 0. The van der Waals surface area contributed by atoms with Gasteiger partial charge >= 0.3 is 0 Å². The lowest BCUT2D eigenvalue weighted by molar-refractivity contribution is 0.313. The van der Waals surface area contributed by atoms with E-state index in [-0.39, 0.29) is 0 Å². The number of anilines is 3. The molecule has 166 valence electrons. The van der Waals surface area contributed by atoms with Crippen molar-refractivity contribution >= 4 is 28.4 Å². The van der Waals surface area contributed by atoms with Crippen LogP contribution in [0.3, 0.4) is 0 Å². The van der Waals surface area contributed by atoms with Gasteiger partial charge in [0.25, 0.3) is 0 Å². The fraction of sp³-hybridized carbons (Fsp3) is 0.103. The molecule has 0 saturated carbocycles. The number of aromatic nitrogens is 2. The number of para-hydroxylation sites is 3. The molecule has 6 rings (SSSR count). The molecule has 0 fully saturated rings. The number of nitrogens with one attached hydrogen (secondary N) is 1. The van der Waals surface area contributed by atoms with Crippen molar-refractivity contribution in [1.82, 2.24) is 9.97 Å². The van der Waals surface area contributed by atoms with Crippen LogP contribution in [0.25, 0.3) is 22.0 Å². The second kappa shape index (κ2) is 8.87. The second-order valence-corrected chi connectivity index (χ2v) is 8.25. The first-order chi connectivity index (χ1) is 16.9. The van der Waals surface area contributed by atoms with Crippen LogP contribution in [0.15, 0.2) is 103 Å². The lowest BCUT2D eigenvalue weighted by Crippen LogP contribution is -2.30. The van der Waals surface area contributed by atoms with Crippen LogP contribution in [-0.2, 0) is 6.54 Å². The summed E-state index contributed by atoms with van der Waals surface area (Å²) < 4.78 is 5.88. The molecule has 0 radical (unpaired) electrons. The predicted octanol–water partition coefficient (Wildman–Crippen LogP) is 6.44. The van der Waals surface area contributed by atoms with Crippen molar-refractivity contribution in [3.8, 4) is 16.9 Å². The lowest BCUT2D eigenvalue weighted by atomic mass is 10.0. The summed E-state index contributed by atoms with van der Waals surface area (Å²) in [4.78, 5) is 12.3. The monoisotopic (exact) mass is 444 g/mol. The first-order valence-corrected chi connectivity index (χ1v) is 11.5. The highest BCUT2D eigenvalue weighted by Gasteiger charge is 2.23. The minimum absolute atomic E-state index is 0.589. The van der Waals surface area contributed by atoms with Gasteiger partial charge in [0.15, 0.2) is 0 Å². The Labute approximate surface area is 198 Å². The molecule has 0 amide bonds. The maximum Gasteiger partial charge on any atom is 0.232 e. The predicted molar refractivity (Wildman–Crippen MR) is 138 cm³/mol. The van der Waals surface area contributed by atoms with E-state index in [0.29, 0.717) is 25.6 Å². The molecule has 5 heteroatoms. The zero-order valence-corrected chi connectivity index (χ0v) is 18.7. The minimum atomic E-state index is 0.589. The molecule has 4 aromatic carbocycles. The van der Waals surface area contributed by atoms with Crippen molar-refractivity contribution < 1.29 is 4.74 Å². The molecular formula is C29H24N4O. The van der Waals surface area contributed by atoms with Crippen LogP contribution < -0.4 is 15.0 Å². The third-order valence-electron chi connectivity index (χ3n) is 6.07. The average Bonchev–Trinajstić information content (AvgIpc) is 2.92. The molecule has 5 nitrogen and oxygen atoms in total. The van der Waals surface area contributed by atoms with Crippen LogP contribution in [-0.4, -0.2) is 23.1 Å². The molecular weight excluding hydrogens is 420 g/mol. The van der Waals surface area contributed by atoms with Gasteiger partial charge in [-0.3, -0.25) is 0 Å². The van der Waals surface area contributed by atoms with Crippen molar-refractivity contribution in [2.45, 2.75) is 6.54 Å². The number of ether oxygens (including phenoxy) is 1. The zero-order valence-electron chi connectivity index (χ0n) is 18.7. The normalized spacial score (nSPS) is 12.8. The van der Waals surface area contributed by atoms with E-state index >= 15 is 0 Å². The van der Waals surface area contributed by atoms with E-state index in [1.54, 1.807) is 0 Å². The molecule has 1 aliphatic heterocycles. The van der Waals surface area contributed by atoms with Gasteiger partial charge < -0.3 is 15.0 Å². The fourth-order valence-corrected chi connectivity index (χ4v) is 4.41. The van der Waals surface area contributed by atoms with Gasteiger partial charge in [0.1, 0.15) is 18.2 Å². The van der Waals surface area contributed by atoms with Crippen LogP contribution in [0.2, 0.25) is 0 Å². The van der Waals surface area contributed by atoms with Gasteiger partial charge in [-0.2, -0.15) is 4.98 Å². The summed E-state index contributed by atoms with van der Waals surface area (Å²) in [5.41, 5.74) is 5.34. The standard InChI is InChI=1S/C29H24N4O/c1-3-10-21(11-4-1)20-30-28-24-15-9-14-23(22-12-5-2-6-13-22)27(24)31-29(32-28)33-18-19-34-26-17-8-7-16-25(26)33/h1-17H,18-20H2,(H,30,31,32). The molecule has 0 atom stereocenters. The molecule has 5 aromatic rings. The van der Waals surface area contributed by atoms with Gasteiger partial charge in [0, 0.05) is 17.5 Å². The Hall–Kier alpha value is -4.38. The van der Waals surface area contributed by atoms with Crippen LogP contribution in [0.5, 0.6) is 5.75 Å². The summed E-state index contributed by atoms with van der Waals surface area (Å²) in [6, 6.07) is 35.1. The van der Waals surface area contributed by atoms with Crippen molar-refractivity contribution in [3.63, 3.8) is 0 Å². The molecule has 2 heterocycles. The number of hydrogen-bond donors (Lipinski definition) is 1. The maximum absolute atomic E-state index is 5.88. The largest absolute Gasteiger partial charge is 0.490 e. The summed E-state index contributed by atoms with van der Waals surface area (Å²) in [7, 11) is 0. The molecule has 0 bridgehead atoms. The average molecular weight is 445 g/mol. The molecule has 0 aliphatic carbocycles. The highest BCUT2D eigenvalue weighted by Crippen LogP contribution is 2.38. The fourth-order valence-electron chi connectivity index (χ4n) is 4.41. The summed E-state index contributed by atoms with van der Waals surface area (Å²) in [6.45, 7) is 1.96. The Kier molecular flexibility index (Phi) is 5.28. The topological polar surface area (TPSA) is 50.3 Å². The first kappa shape index (κ1) is 20.2. The SMILES string of the molecule is c1ccc(CNc2nc(N3CCOc4ccccc43)nc3c(-c4ccccc4)cccc23)cc1. The van der Waals surface area contributed by atoms with Gasteiger partial charge in [-0.1, -0.05) is 84.9 Å². The number of nitrogens with zero attached hydrogens (tertiary/aromatic N) is 3. The van der Waals surface area contributed by atoms with Crippen LogP contribution in [0, 0.1) is 0 Å². The molecule has 1 N–H and O–H groups in total. The highest BCUT2D eigenvalue weighted by atomic mass is 16.5. The molecule has 1 aliphatic rings. The van der Waals surface area contributed by atoms with Gasteiger partial charge in [-0.15, -0.1) is 0 Å². The van der Waals surface area contributed by atoms with Gasteiger partial charge in [0.2, 0.25) is 5.95 Å². The minimum Gasteiger partial charge on any atom is -0.490 e. The van der Waals surface area contributed by atoms with Crippen molar-refractivity contribution in [3.05, 3.63) is 109 Å². The highest BCUT2D eigenvalue weighted by molar-refractivity contribution is 6.00. The number of fused-ring (bicyclic) bond motifs is 2. The first-order valence-electron chi connectivity index (χ1n) is 11.5. The molecule has 0 unspecified atom stereocenters. The smallest absolute Gasteiger partial charge is 0.232 e. The quantitative estimate of drug-likeness (QED) is 0.338. The summed E-state index contributed by atoms with van der Waals surface area (Å²) in [5, 5.41) is 4.58. The lowest BCUT2D eigenvalue weighted by Gasteiger charge is -2.30. The Bertz CT molecular complexity index is 1440. The third-order valence-corrected chi connectivity index (χ3v) is 6.07. The molecule has 1 aromatic heterocycles. The molecule has 0 saturated heterocycles. The second-order valence-electron chi connectivity index (χ2n) is 8.25. The van der Waals surface area contributed by atoms with E-state index in [1.807, 2.05) is 30.3 Å². The molecule has 34 heavy (non-hydrogen) atoms. The summed E-state index contributed by atoms with van der Waals surface area (Å²) in [5.74, 6) is 2.35. The van der Waals surface area contributed by atoms with Crippen molar-refractivity contribution in [2.75, 3.05) is 23.4 Å². The van der Waals surface area contributed by atoms with E-state index < -0.39 is 0 Å². The third kappa shape index (κ3) is 3.82. The Morgan fingerprint density at radius 3 is 2.38 bits per heavy atom. The van der Waals surface area contributed by atoms with E-state index in [4.69, 9.17) is 14.7 Å². The molecule has 0 spiro atoms. The van der Waals surface area contributed by atoms with Gasteiger partial charge in [-0.25, -0.2) is 4.98 Å². The van der Waals surface area contributed by atoms with E-state index in [0.717, 1.165) is 39.3 Å². The summed E-state index contributed by atoms with van der Waals surface area (Å²) >= 11 is 0. The van der Waals surface area contributed by atoms with Crippen molar-refractivity contribution in [2.24, 2.45) is 0 Å². The zero-order chi connectivity index (χ0) is 22.7. The Morgan fingerprint density at radius 2 is 1.53 bits per heavy atom.